The summed E-state index contributed by atoms with van der Waals surface area (Å²) in [6.45, 7) is 0.903. The van der Waals surface area contributed by atoms with Crippen LogP contribution in [0.1, 0.15) is 11.0 Å². The van der Waals surface area contributed by atoms with Crippen LogP contribution in [0, 0.1) is 0 Å². The minimum atomic E-state index is -2.82. The predicted octanol–water partition coefficient (Wildman–Crippen LogP) is -1.09. The first-order valence-electron chi connectivity index (χ1n) is 14.5. The SMILES string of the molecule is [2H]C([2H])([2H])Oc1ccc(-c2cc(=O)c3c(O)cc(O[C@@H]4O[C@H](CO[C@@H]5O[C@@H](C)[C@H](O)[C@@H](O)[C@H]5O)[C@@H](O)[C@H](O)[C@H]4O)cc3o2)cc1O. The van der Waals surface area contributed by atoms with Crippen LogP contribution in [-0.2, 0) is 14.2 Å². The van der Waals surface area contributed by atoms with Crippen LogP contribution in [0.4, 0.5) is 0 Å². The maximum atomic E-state index is 12.9. The fraction of sp³-hybridized carbons (Fsp3) is 0.464. The molecule has 0 aliphatic carbocycles. The second-order valence-corrected chi connectivity index (χ2v) is 10.2. The Kier molecular flexibility index (Phi) is 7.70. The summed E-state index contributed by atoms with van der Waals surface area (Å²) in [4.78, 5) is 12.9. The van der Waals surface area contributed by atoms with Gasteiger partial charge in [0.2, 0.25) is 6.29 Å². The highest BCUT2D eigenvalue weighted by molar-refractivity contribution is 5.86. The van der Waals surface area contributed by atoms with E-state index >= 15 is 0 Å². The lowest BCUT2D eigenvalue weighted by Crippen LogP contribution is -2.61. The molecule has 15 nitrogen and oxygen atoms in total. The van der Waals surface area contributed by atoms with Gasteiger partial charge in [0.1, 0.15) is 71.0 Å². The number of aliphatic hydroxyl groups excluding tert-OH is 6. The molecule has 8 N–H and O–H groups in total. The number of phenolic OH excluding ortho intramolecular Hbond substituents is 2. The van der Waals surface area contributed by atoms with E-state index in [1.807, 2.05) is 0 Å². The van der Waals surface area contributed by atoms with Crippen molar-refractivity contribution in [2.24, 2.45) is 0 Å². The van der Waals surface area contributed by atoms with Crippen LogP contribution < -0.4 is 14.9 Å². The summed E-state index contributed by atoms with van der Waals surface area (Å²) in [6.07, 6.45) is -15.4. The van der Waals surface area contributed by atoms with E-state index in [9.17, 15) is 45.6 Å². The number of methoxy groups -OCH3 is 1. The molecule has 0 saturated carbocycles. The van der Waals surface area contributed by atoms with E-state index in [0.717, 1.165) is 24.3 Å². The number of hydrogen-bond donors (Lipinski definition) is 8. The molecule has 3 heterocycles. The Morgan fingerprint density at radius 1 is 0.837 bits per heavy atom. The number of rotatable bonds is 7. The van der Waals surface area contributed by atoms with Gasteiger partial charge in [-0.15, -0.1) is 0 Å². The molecule has 3 aromatic rings. The van der Waals surface area contributed by atoms with Gasteiger partial charge in [0.15, 0.2) is 23.2 Å². The van der Waals surface area contributed by atoms with Crippen LogP contribution in [0.2, 0.25) is 0 Å². The molecule has 2 aliphatic rings. The Bertz CT molecular complexity index is 1610. The number of aromatic hydroxyl groups is 2. The second kappa shape index (κ2) is 12.2. The number of aliphatic hydroxyl groups is 6. The lowest BCUT2D eigenvalue weighted by molar-refractivity contribution is -0.318. The summed E-state index contributed by atoms with van der Waals surface area (Å²) in [5, 5.41) is 82.1. The van der Waals surface area contributed by atoms with Gasteiger partial charge >= 0.3 is 0 Å². The molecule has 234 valence electrons. The molecular formula is C28H32O15. The molecule has 15 heteroatoms. The van der Waals surface area contributed by atoms with Crippen LogP contribution in [0.5, 0.6) is 23.0 Å². The number of benzene rings is 2. The fourth-order valence-corrected chi connectivity index (χ4v) is 4.84. The van der Waals surface area contributed by atoms with Gasteiger partial charge in [-0.05, 0) is 25.1 Å². The van der Waals surface area contributed by atoms with Crippen molar-refractivity contribution in [1.82, 2.24) is 0 Å². The number of ether oxygens (including phenoxy) is 5. The summed E-state index contributed by atoms with van der Waals surface area (Å²) in [6, 6.07) is 6.81. The highest BCUT2D eigenvalue weighted by Crippen LogP contribution is 2.35. The highest BCUT2D eigenvalue weighted by atomic mass is 16.7. The summed E-state index contributed by atoms with van der Waals surface area (Å²) < 4.78 is 54.1. The zero-order valence-corrected chi connectivity index (χ0v) is 22.4. The van der Waals surface area contributed by atoms with Gasteiger partial charge in [-0.3, -0.25) is 4.79 Å². The molecule has 2 fully saturated rings. The van der Waals surface area contributed by atoms with Crippen molar-refractivity contribution >= 4 is 11.0 Å². The van der Waals surface area contributed by atoms with Crippen molar-refractivity contribution < 1.29 is 73.1 Å². The molecule has 0 amide bonds. The van der Waals surface area contributed by atoms with E-state index in [2.05, 4.69) is 0 Å². The Hall–Kier alpha value is -3.51. The van der Waals surface area contributed by atoms with Gasteiger partial charge in [0, 0.05) is 23.8 Å². The third-order valence-electron chi connectivity index (χ3n) is 7.29. The number of hydrogen-bond acceptors (Lipinski definition) is 15. The molecule has 1 aromatic heterocycles. The maximum Gasteiger partial charge on any atom is 0.229 e. The fourth-order valence-electron chi connectivity index (χ4n) is 4.84. The standard InChI is InChI=1S/C28H32O15/c1-10-21(32)23(34)25(36)27(40-10)39-9-19-22(33)24(35)26(37)28(43-19)41-12-6-14(30)20-15(31)8-17(42-18(20)7-12)11-3-4-16(38-2)13(29)5-11/h3-8,10,19,21-30,32-37H,9H2,1-2H3/t10-,19+,21-,22+,23+,24-,25+,26+,27+,28+/m0/s1/i2D3. The summed E-state index contributed by atoms with van der Waals surface area (Å²) in [5.41, 5.74) is -0.745. The molecule has 2 aliphatic heterocycles. The monoisotopic (exact) mass is 611 g/mol. The molecule has 43 heavy (non-hydrogen) atoms. The smallest absolute Gasteiger partial charge is 0.229 e. The van der Waals surface area contributed by atoms with E-state index in [-0.39, 0.29) is 33.8 Å². The summed E-state index contributed by atoms with van der Waals surface area (Å²) in [7, 11) is -2.82. The largest absolute Gasteiger partial charge is 0.507 e. The van der Waals surface area contributed by atoms with Gasteiger partial charge in [-0.2, -0.15) is 0 Å². The van der Waals surface area contributed by atoms with Gasteiger partial charge < -0.3 is 69.0 Å². The van der Waals surface area contributed by atoms with Gasteiger partial charge in [0.05, 0.1) is 23.9 Å². The van der Waals surface area contributed by atoms with Crippen LogP contribution in [0.3, 0.4) is 0 Å². The van der Waals surface area contributed by atoms with Crippen LogP contribution in [0.25, 0.3) is 22.3 Å². The van der Waals surface area contributed by atoms with Crippen molar-refractivity contribution in [3.8, 4) is 34.3 Å². The molecule has 0 radical (unpaired) electrons. The minimum Gasteiger partial charge on any atom is -0.507 e. The average molecular weight is 612 g/mol. The molecule has 0 unspecified atom stereocenters. The molecule has 5 rings (SSSR count). The topological polar surface area (TPSA) is 238 Å². The lowest BCUT2D eigenvalue weighted by Gasteiger charge is -2.42. The van der Waals surface area contributed by atoms with E-state index in [1.165, 1.54) is 19.1 Å². The van der Waals surface area contributed by atoms with E-state index in [0.29, 0.717) is 0 Å². The first-order valence-corrected chi connectivity index (χ1v) is 13.0. The molecule has 2 saturated heterocycles. The molecule has 0 spiro atoms. The Morgan fingerprint density at radius 2 is 1.56 bits per heavy atom. The van der Waals surface area contributed by atoms with Crippen molar-refractivity contribution in [2.45, 2.75) is 68.3 Å². The van der Waals surface area contributed by atoms with Gasteiger partial charge in [0.25, 0.3) is 0 Å². The zero-order valence-electron chi connectivity index (χ0n) is 25.4. The Morgan fingerprint density at radius 3 is 2.28 bits per heavy atom. The third-order valence-corrected chi connectivity index (χ3v) is 7.29. The Labute approximate surface area is 247 Å². The quantitative estimate of drug-likeness (QED) is 0.158. The number of phenols is 2. The van der Waals surface area contributed by atoms with Crippen molar-refractivity contribution in [3.05, 3.63) is 46.6 Å². The molecule has 10 atom stereocenters. The first-order chi connectivity index (χ1) is 21.5. The van der Waals surface area contributed by atoms with E-state index in [1.54, 1.807) is 0 Å². The van der Waals surface area contributed by atoms with Crippen LogP contribution in [-0.4, -0.2) is 116 Å². The third kappa shape index (κ3) is 5.99. The minimum absolute atomic E-state index is 0.0893. The normalized spacial score (nSPS) is 34.3. The highest BCUT2D eigenvalue weighted by Gasteiger charge is 2.47. The first kappa shape index (κ1) is 27.1. The molecular weight excluding hydrogens is 576 g/mol. The van der Waals surface area contributed by atoms with Gasteiger partial charge in [-0.25, -0.2) is 0 Å². The molecule has 0 bridgehead atoms. The average Bonchev–Trinajstić information content (AvgIpc) is 2.98. The predicted molar refractivity (Wildman–Crippen MR) is 143 cm³/mol. The summed E-state index contributed by atoms with van der Waals surface area (Å²) >= 11 is 0. The summed E-state index contributed by atoms with van der Waals surface area (Å²) in [5.74, 6) is -1.77. The van der Waals surface area contributed by atoms with Crippen molar-refractivity contribution in [1.29, 1.82) is 0 Å². The number of fused-ring (bicyclic) bond motifs is 1. The van der Waals surface area contributed by atoms with Crippen molar-refractivity contribution in [2.75, 3.05) is 13.6 Å². The van der Waals surface area contributed by atoms with Crippen LogP contribution >= 0.6 is 0 Å². The van der Waals surface area contributed by atoms with Gasteiger partial charge in [-0.1, -0.05) is 0 Å². The van der Waals surface area contributed by atoms with Crippen molar-refractivity contribution in [3.63, 3.8) is 0 Å². The van der Waals surface area contributed by atoms with Crippen LogP contribution in [0.15, 0.2) is 45.6 Å². The van der Waals surface area contributed by atoms with E-state index in [4.69, 9.17) is 32.2 Å². The zero-order chi connectivity index (χ0) is 33.7. The van der Waals surface area contributed by atoms with E-state index < -0.39 is 92.0 Å². The molecule has 2 aromatic carbocycles. The maximum absolute atomic E-state index is 12.9. The second-order valence-electron chi connectivity index (χ2n) is 10.2. The Balaban J connectivity index is 1.36. The lowest BCUT2D eigenvalue weighted by atomic mass is 9.98.